The van der Waals surface area contributed by atoms with Crippen molar-refractivity contribution in [3.63, 3.8) is 0 Å². The van der Waals surface area contributed by atoms with Crippen LogP contribution in [0, 0.1) is 0 Å². The van der Waals surface area contributed by atoms with Crippen LogP contribution in [-0.2, 0) is 4.79 Å². The topological polar surface area (TPSA) is 37.3 Å². The van der Waals surface area contributed by atoms with Crippen molar-refractivity contribution in [2.45, 2.75) is 6.42 Å². The first-order chi connectivity index (χ1) is 4.80. The third-order valence-corrected chi connectivity index (χ3v) is 1.20. The van der Waals surface area contributed by atoms with E-state index in [2.05, 4.69) is 0 Å². The van der Waals surface area contributed by atoms with Gasteiger partial charge in [-0.3, -0.25) is 4.79 Å². The summed E-state index contributed by atoms with van der Waals surface area (Å²) in [5.74, 6) is -0.402. The molecule has 1 aliphatic rings. The SMILES string of the molecule is O=C1C\C=C/C=C\C=C/1O. The summed E-state index contributed by atoms with van der Waals surface area (Å²) in [5.41, 5.74) is 0. The van der Waals surface area contributed by atoms with Gasteiger partial charge in [-0.2, -0.15) is 0 Å². The Morgan fingerprint density at radius 1 is 1.30 bits per heavy atom. The third-order valence-electron chi connectivity index (χ3n) is 1.20. The molecular weight excluding hydrogens is 128 g/mol. The lowest BCUT2D eigenvalue weighted by molar-refractivity contribution is -0.117. The lowest BCUT2D eigenvalue weighted by Gasteiger charge is -1.94. The van der Waals surface area contributed by atoms with Crippen molar-refractivity contribution in [1.82, 2.24) is 0 Å². The van der Waals surface area contributed by atoms with Gasteiger partial charge in [0.25, 0.3) is 0 Å². The summed E-state index contributed by atoms with van der Waals surface area (Å²) in [6.45, 7) is 0. The van der Waals surface area contributed by atoms with E-state index in [1.165, 1.54) is 6.08 Å². The first kappa shape index (κ1) is 6.81. The standard InChI is InChI=1S/C8H8O2/c9-7-5-3-1-2-4-6-8(7)10/h1-5,9H,6H2/b3-1-,4-2-,7-5+. The normalized spacial score (nSPS) is 29.6. The molecule has 0 radical (unpaired) electrons. The van der Waals surface area contributed by atoms with Crippen molar-refractivity contribution in [2.24, 2.45) is 0 Å². The molecule has 0 heterocycles. The van der Waals surface area contributed by atoms with Gasteiger partial charge in [-0.15, -0.1) is 0 Å². The molecule has 0 amide bonds. The Bertz CT molecular complexity index is 221. The van der Waals surface area contributed by atoms with Crippen LogP contribution in [0.2, 0.25) is 0 Å². The van der Waals surface area contributed by atoms with Gasteiger partial charge in [0, 0.05) is 6.42 Å². The van der Waals surface area contributed by atoms with E-state index in [1.54, 1.807) is 24.3 Å². The highest BCUT2D eigenvalue weighted by molar-refractivity contribution is 5.94. The fourth-order valence-corrected chi connectivity index (χ4v) is 0.662. The molecule has 0 aliphatic heterocycles. The molecule has 0 fully saturated rings. The first-order valence-electron chi connectivity index (χ1n) is 3.06. The lowest BCUT2D eigenvalue weighted by atomic mass is 10.2. The van der Waals surface area contributed by atoms with Crippen molar-refractivity contribution < 1.29 is 9.90 Å². The Morgan fingerprint density at radius 3 is 2.90 bits per heavy atom. The van der Waals surface area contributed by atoms with Crippen LogP contribution in [-0.4, -0.2) is 10.9 Å². The summed E-state index contributed by atoms with van der Waals surface area (Å²) >= 11 is 0. The molecule has 0 aromatic rings. The van der Waals surface area contributed by atoms with Gasteiger partial charge in [0.1, 0.15) is 0 Å². The van der Waals surface area contributed by atoms with Crippen LogP contribution < -0.4 is 0 Å². The average Bonchev–Trinajstić information content (AvgIpc) is 1.92. The van der Waals surface area contributed by atoms with E-state index >= 15 is 0 Å². The number of Topliss-reactive ketones (excluding diaryl/α,β-unsaturated/α-hetero) is 1. The minimum absolute atomic E-state index is 0.166. The predicted octanol–water partition coefficient (Wildman–Crippen LogP) is 1.51. The average molecular weight is 136 g/mol. The number of aliphatic hydroxyl groups excluding tert-OH is 1. The summed E-state index contributed by atoms with van der Waals surface area (Å²) in [6, 6.07) is 0. The number of hydrogen-bond donors (Lipinski definition) is 1. The van der Waals surface area contributed by atoms with Crippen molar-refractivity contribution >= 4 is 5.78 Å². The van der Waals surface area contributed by atoms with Gasteiger partial charge in [0.05, 0.1) is 0 Å². The van der Waals surface area contributed by atoms with E-state index < -0.39 is 0 Å². The van der Waals surface area contributed by atoms with E-state index in [4.69, 9.17) is 5.11 Å². The molecule has 2 nitrogen and oxygen atoms in total. The van der Waals surface area contributed by atoms with Gasteiger partial charge in [0.2, 0.25) is 5.78 Å². The summed E-state index contributed by atoms with van der Waals surface area (Å²) in [7, 11) is 0. The second-order valence-electron chi connectivity index (χ2n) is 1.99. The Hall–Kier alpha value is -1.31. The number of ketones is 1. The maximum Gasteiger partial charge on any atom is 0.200 e. The quantitative estimate of drug-likeness (QED) is 0.548. The van der Waals surface area contributed by atoms with Crippen molar-refractivity contribution in [2.75, 3.05) is 0 Å². The second-order valence-corrected chi connectivity index (χ2v) is 1.99. The molecule has 1 rings (SSSR count). The smallest absolute Gasteiger partial charge is 0.200 e. The highest BCUT2D eigenvalue weighted by atomic mass is 16.3. The zero-order chi connectivity index (χ0) is 7.40. The molecule has 0 saturated heterocycles. The fourth-order valence-electron chi connectivity index (χ4n) is 0.662. The van der Waals surface area contributed by atoms with E-state index in [0.717, 1.165) is 0 Å². The van der Waals surface area contributed by atoms with E-state index in [9.17, 15) is 4.79 Å². The molecule has 0 spiro atoms. The molecule has 0 aromatic carbocycles. The highest BCUT2D eigenvalue weighted by Crippen LogP contribution is 2.00. The van der Waals surface area contributed by atoms with Gasteiger partial charge in [0.15, 0.2) is 5.76 Å². The molecule has 1 aliphatic carbocycles. The second kappa shape index (κ2) is 3.01. The Morgan fingerprint density at radius 2 is 2.10 bits per heavy atom. The third kappa shape index (κ3) is 1.58. The van der Waals surface area contributed by atoms with E-state index in [-0.39, 0.29) is 18.0 Å². The number of allylic oxidation sites excluding steroid dienone is 6. The molecule has 10 heavy (non-hydrogen) atoms. The Labute approximate surface area is 59.2 Å². The zero-order valence-electron chi connectivity index (χ0n) is 5.45. The fraction of sp³-hybridized carbons (Fsp3) is 0.125. The minimum Gasteiger partial charge on any atom is -0.504 e. The van der Waals surface area contributed by atoms with Crippen molar-refractivity contribution in [1.29, 1.82) is 0 Å². The van der Waals surface area contributed by atoms with E-state index in [0.29, 0.717) is 0 Å². The number of carbonyl (C=O) groups excluding carboxylic acids is 1. The van der Waals surface area contributed by atoms with E-state index in [1.807, 2.05) is 0 Å². The Balaban J connectivity index is 2.83. The summed E-state index contributed by atoms with van der Waals surface area (Å²) in [4.78, 5) is 10.8. The van der Waals surface area contributed by atoms with Crippen LogP contribution in [0.3, 0.4) is 0 Å². The first-order valence-corrected chi connectivity index (χ1v) is 3.06. The largest absolute Gasteiger partial charge is 0.504 e. The molecule has 0 unspecified atom stereocenters. The zero-order valence-corrected chi connectivity index (χ0v) is 5.45. The minimum atomic E-state index is -0.236. The molecule has 0 atom stereocenters. The molecule has 1 N–H and O–H groups in total. The maximum absolute atomic E-state index is 10.8. The number of hydrogen-bond acceptors (Lipinski definition) is 2. The number of rotatable bonds is 0. The monoisotopic (exact) mass is 136 g/mol. The highest BCUT2D eigenvalue weighted by Gasteiger charge is 2.03. The van der Waals surface area contributed by atoms with Gasteiger partial charge >= 0.3 is 0 Å². The summed E-state index contributed by atoms with van der Waals surface area (Å²) in [5, 5.41) is 8.91. The molecule has 0 saturated carbocycles. The van der Waals surface area contributed by atoms with Crippen molar-refractivity contribution in [3.8, 4) is 0 Å². The van der Waals surface area contributed by atoms with Crippen LogP contribution in [0.4, 0.5) is 0 Å². The molecule has 0 aromatic heterocycles. The molecule has 52 valence electrons. The Kier molecular flexibility index (Phi) is 2.05. The van der Waals surface area contributed by atoms with Crippen molar-refractivity contribution in [3.05, 3.63) is 36.1 Å². The maximum atomic E-state index is 10.8. The lowest BCUT2D eigenvalue weighted by Crippen LogP contribution is -1.99. The molecular formula is C8H8O2. The van der Waals surface area contributed by atoms with Gasteiger partial charge in [-0.25, -0.2) is 0 Å². The van der Waals surface area contributed by atoms with Gasteiger partial charge in [-0.05, 0) is 6.08 Å². The summed E-state index contributed by atoms with van der Waals surface area (Å²) in [6.07, 6.45) is 8.56. The van der Waals surface area contributed by atoms with Crippen LogP contribution in [0.1, 0.15) is 6.42 Å². The van der Waals surface area contributed by atoms with Crippen LogP contribution >= 0.6 is 0 Å². The van der Waals surface area contributed by atoms with Gasteiger partial charge < -0.3 is 5.11 Å². The molecule has 2 heteroatoms. The predicted molar refractivity (Wildman–Crippen MR) is 38.6 cm³/mol. The van der Waals surface area contributed by atoms with Crippen LogP contribution in [0.25, 0.3) is 0 Å². The number of carbonyl (C=O) groups is 1. The summed E-state index contributed by atoms with van der Waals surface area (Å²) < 4.78 is 0. The molecule has 0 bridgehead atoms. The van der Waals surface area contributed by atoms with Crippen LogP contribution in [0.5, 0.6) is 0 Å². The van der Waals surface area contributed by atoms with Gasteiger partial charge in [-0.1, -0.05) is 24.3 Å². The van der Waals surface area contributed by atoms with Crippen LogP contribution in [0.15, 0.2) is 36.1 Å². The number of aliphatic hydroxyl groups is 1.